The summed E-state index contributed by atoms with van der Waals surface area (Å²) in [6.07, 6.45) is -1.62. The Hall–Kier alpha value is -3.14. The Morgan fingerprint density at radius 2 is 2.10 bits per heavy atom. The van der Waals surface area contributed by atoms with Crippen LogP contribution in [0.1, 0.15) is 39.1 Å². The molecular formula is C20H20F3N5O2. The van der Waals surface area contributed by atoms with E-state index in [1.165, 1.54) is 12.1 Å². The zero-order valence-electron chi connectivity index (χ0n) is 16.2. The minimum absolute atomic E-state index is 0.0313. The Balaban J connectivity index is 1.41. The second kappa shape index (κ2) is 7.94. The van der Waals surface area contributed by atoms with Gasteiger partial charge in [0.25, 0.3) is 5.89 Å². The molecule has 30 heavy (non-hydrogen) atoms. The van der Waals surface area contributed by atoms with Crippen LogP contribution in [0.3, 0.4) is 0 Å². The van der Waals surface area contributed by atoms with E-state index in [0.717, 1.165) is 36.6 Å². The van der Waals surface area contributed by atoms with Gasteiger partial charge in [-0.3, -0.25) is 9.69 Å². The van der Waals surface area contributed by atoms with Crippen molar-refractivity contribution in [2.45, 2.75) is 32.5 Å². The van der Waals surface area contributed by atoms with Crippen molar-refractivity contribution in [3.05, 3.63) is 64.9 Å². The molecule has 0 fully saturated rings. The predicted molar refractivity (Wildman–Crippen MR) is 102 cm³/mol. The van der Waals surface area contributed by atoms with Crippen LogP contribution >= 0.6 is 0 Å². The number of nitrogens with one attached hydrogen (secondary N) is 2. The van der Waals surface area contributed by atoms with Crippen molar-refractivity contribution in [2.24, 2.45) is 0 Å². The number of oxazole rings is 1. The van der Waals surface area contributed by atoms with E-state index in [2.05, 4.69) is 25.2 Å². The van der Waals surface area contributed by atoms with Crippen LogP contribution in [0.4, 0.5) is 18.9 Å². The molecule has 0 aliphatic carbocycles. The number of alkyl halides is 3. The lowest BCUT2D eigenvalue weighted by Gasteiger charge is -2.18. The minimum Gasteiger partial charge on any atom is -0.437 e. The molecule has 0 saturated heterocycles. The van der Waals surface area contributed by atoms with Crippen molar-refractivity contribution in [3.8, 4) is 0 Å². The monoisotopic (exact) mass is 419 g/mol. The van der Waals surface area contributed by atoms with Crippen molar-refractivity contribution >= 4 is 11.6 Å². The Kier molecular flexibility index (Phi) is 5.33. The van der Waals surface area contributed by atoms with Crippen LogP contribution in [0, 0.1) is 6.92 Å². The summed E-state index contributed by atoms with van der Waals surface area (Å²) in [5.74, 6) is -0.189. The van der Waals surface area contributed by atoms with Gasteiger partial charge in [-0.05, 0) is 25.1 Å². The van der Waals surface area contributed by atoms with Gasteiger partial charge in [-0.15, -0.1) is 0 Å². The quantitative estimate of drug-likeness (QED) is 0.675. The van der Waals surface area contributed by atoms with E-state index in [9.17, 15) is 18.0 Å². The number of carbonyl (C=O) groups excluding carboxylic acids is 1. The molecular weight excluding hydrogens is 399 g/mol. The predicted octanol–water partition coefficient (Wildman–Crippen LogP) is 3.58. The van der Waals surface area contributed by atoms with Crippen molar-refractivity contribution in [3.63, 3.8) is 0 Å². The number of rotatable bonds is 4. The maximum atomic E-state index is 12.8. The number of benzene rings is 1. The van der Waals surface area contributed by atoms with Crippen LogP contribution < -0.4 is 5.32 Å². The Bertz CT molecular complexity index is 1030. The summed E-state index contributed by atoms with van der Waals surface area (Å²) in [4.78, 5) is 26.3. The third kappa shape index (κ3) is 4.38. The van der Waals surface area contributed by atoms with Crippen LogP contribution in [0.25, 0.3) is 0 Å². The van der Waals surface area contributed by atoms with Crippen molar-refractivity contribution in [2.75, 3.05) is 18.4 Å². The fraction of sp³-hybridized carbons (Fsp3) is 0.350. The first-order chi connectivity index (χ1) is 14.3. The number of H-pyrrole nitrogens is 1. The number of fused-ring (bicyclic) bond motifs is 1. The normalized spacial score (nSPS) is 14.9. The van der Waals surface area contributed by atoms with E-state index in [0.29, 0.717) is 30.8 Å². The van der Waals surface area contributed by atoms with E-state index < -0.39 is 17.6 Å². The SMILES string of the molecule is Cc1[nH]cnc1CN1CCc2nc(C(=O)Nc3cccc(C(F)(F)F)c3)oc2CC1. The van der Waals surface area contributed by atoms with Gasteiger partial charge in [0.1, 0.15) is 5.76 Å². The number of aromatic nitrogens is 3. The summed E-state index contributed by atoms with van der Waals surface area (Å²) >= 11 is 0. The van der Waals surface area contributed by atoms with Crippen molar-refractivity contribution < 1.29 is 22.4 Å². The molecule has 158 valence electrons. The van der Waals surface area contributed by atoms with Gasteiger partial charge >= 0.3 is 12.1 Å². The van der Waals surface area contributed by atoms with Gasteiger partial charge in [0.15, 0.2) is 0 Å². The number of nitrogens with zero attached hydrogens (tertiary/aromatic N) is 3. The van der Waals surface area contributed by atoms with E-state index in [-0.39, 0.29) is 11.6 Å². The fourth-order valence-electron chi connectivity index (χ4n) is 3.38. The van der Waals surface area contributed by atoms with Crippen molar-refractivity contribution in [1.29, 1.82) is 0 Å². The number of aromatic amines is 1. The Morgan fingerprint density at radius 1 is 1.30 bits per heavy atom. The molecule has 1 aromatic carbocycles. The maximum absolute atomic E-state index is 12.8. The maximum Gasteiger partial charge on any atom is 0.416 e. The van der Waals surface area contributed by atoms with Crippen LogP contribution in [-0.4, -0.2) is 38.8 Å². The van der Waals surface area contributed by atoms with Gasteiger partial charge in [0.2, 0.25) is 0 Å². The molecule has 7 nitrogen and oxygen atoms in total. The molecule has 0 spiro atoms. The van der Waals surface area contributed by atoms with E-state index in [4.69, 9.17) is 4.42 Å². The highest BCUT2D eigenvalue weighted by molar-refractivity contribution is 6.01. The highest BCUT2D eigenvalue weighted by Gasteiger charge is 2.31. The smallest absolute Gasteiger partial charge is 0.416 e. The molecule has 1 aliphatic rings. The van der Waals surface area contributed by atoms with Gasteiger partial charge in [-0.1, -0.05) is 6.07 Å². The molecule has 10 heteroatoms. The lowest BCUT2D eigenvalue weighted by atomic mass is 10.2. The second-order valence-electron chi connectivity index (χ2n) is 7.17. The molecule has 2 aromatic heterocycles. The molecule has 0 atom stereocenters. The van der Waals surface area contributed by atoms with Gasteiger partial charge < -0.3 is 14.7 Å². The summed E-state index contributed by atoms with van der Waals surface area (Å²) < 4.78 is 44.2. The molecule has 1 amide bonds. The van der Waals surface area contributed by atoms with Crippen molar-refractivity contribution in [1.82, 2.24) is 19.9 Å². The van der Waals surface area contributed by atoms with E-state index in [1.54, 1.807) is 6.33 Å². The molecule has 3 aromatic rings. The Morgan fingerprint density at radius 3 is 2.83 bits per heavy atom. The molecule has 0 bridgehead atoms. The minimum atomic E-state index is -4.48. The first-order valence-electron chi connectivity index (χ1n) is 9.48. The van der Waals surface area contributed by atoms with Crippen LogP contribution in [0.15, 0.2) is 35.0 Å². The zero-order valence-corrected chi connectivity index (χ0v) is 16.2. The molecule has 4 rings (SSSR count). The largest absolute Gasteiger partial charge is 0.437 e. The first kappa shape index (κ1) is 20.1. The summed E-state index contributed by atoms with van der Waals surface area (Å²) in [7, 11) is 0. The van der Waals surface area contributed by atoms with Gasteiger partial charge in [-0.2, -0.15) is 13.2 Å². The number of anilines is 1. The topological polar surface area (TPSA) is 87.0 Å². The standard InChI is InChI=1S/C20H20F3N5O2/c1-12-16(25-11-24-12)10-28-7-5-15-17(6-8-28)30-19(27-15)18(29)26-14-4-2-3-13(9-14)20(21,22)23/h2-4,9,11H,5-8,10H2,1H3,(H,24,25)(H,26,29). The molecule has 0 radical (unpaired) electrons. The zero-order chi connectivity index (χ0) is 21.3. The average molecular weight is 419 g/mol. The summed E-state index contributed by atoms with van der Waals surface area (Å²) in [6.45, 7) is 4.15. The second-order valence-corrected chi connectivity index (χ2v) is 7.17. The number of hydrogen-bond acceptors (Lipinski definition) is 5. The lowest BCUT2D eigenvalue weighted by molar-refractivity contribution is -0.137. The number of amides is 1. The average Bonchev–Trinajstić information content (AvgIpc) is 3.24. The fourth-order valence-corrected chi connectivity index (χ4v) is 3.38. The number of carbonyl (C=O) groups is 1. The highest BCUT2D eigenvalue weighted by Crippen LogP contribution is 2.30. The third-order valence-corrected chi connectivity index (χ3v) is 5.05. The van der Waals surface area contributed by atoms with E-state index in [1.807, 2.05) is 6.92 Å². The van der Waals surface area contributed by atoms with Crippen LogP contribution in [0.5, 0.6) is 0 Å². The summed E-state index contributed by atoms with van der Waals surface area (Å²) in [5, 5.41) is 2.42. The molecule has 3 heterocycles. The van der Waals surface area contributed by atoms with Gasteiger partial charge in [0, 0.05) is 43.9 Å². The number of hydrogen-bond donors (Lipinski definition) is 2. The third-order valence-electron chi connectivity index (χ3n) is 5.05. The van der Waals surface area contributed by atoms with Gasteiger partial charge in [-0.25, -0.2) is 9.97 Å². The molecule has 2 N–H and O–H groups in total. The number of aryl methyl sites for hydroxylation is 1. The summed E-state index contributed by atoms with van der Waals surface area (Å²) in [5.41, 5.74) is 1.91. The molecule has 0 unspecified atom stereocenters. The van der Waals surface area contributed by atoms with Gasteiger partial charge in [0.05, 0.1) is 23.3 Å². The number of imidazole rings is 1. The molecule has 0 saturated carbocycles. The number of halogens is 3. The highest BCUT2D eigenvalue weighted by atomic mass is 19.4. The van der Waals surface area contributed by atoms with Crippen LogP contribution in [-0.2, 0) is 25.6 Å². The summed E-state index contributed by atoms with van der Waals surface area (Å²) in [6, 6.07) is 4.44. The van der Waals surface area contributed by atoms with Crippen LogP contribution in [0.2, 0.25) is 0 Å². The van der Waals surface area contributed by atoms with E-state index >= 15 is 0 Å². The first-order valence-corrected chi connectivity index (χ1v) is 9.48. The molecule has 1 aliphatic heterocycles. The Labute approximate surface area is 170 Å². The lowest BCUT2D eigenvalue weighted by Crippen LogP contribution is -2.26.